The van der Waals surface area contributed by atoms with Gasteiger partial charge in [-0.3, -0.25) is 4.79 Å². The van der Waals surface area contributed by atoms with Crippen LogP contribution in [0.2, 0.25) is 0 Å². The predicted molar refractivity (Wildman–Crippen MR) is 60.7 cm³/mol. The summed E-state index contributed by atoms with van der Waals surface area (Å²) in [6.07, 6.45) is 5.80. The fraction of sp³-hybridized carbons (Fsp3) is 0.917. The SMILES string of the molecule is CCCC1CCN(CCC(=O)OC)CC1. The van der Waals surface area contributed by atoms with E-state index in [4.69, 9.17) is 0 Å². The number of likely N-dealkylation sites (tertiary alicyclic amines) is 1. The number of ether oxygens (including phenoxy) is 1. The van der Waals surface area contributed by atoms with Crippen LogP contribution in [0.3, 0.4) is 0 Å². The second kappa shape index (κ2) is 6.83. The highest BCUT2D eigenvalue weighted by Gasteiger charge is 2.18. The van der Waals surface area contributed by atoms with Crippen molar-refractivity contribution in [3.05, 3.63) is 0 Å². The summed E-state index contributed by atoms with van der Waals surface area (Å²) in [6.45, 7) is 5.43. The second-order valence-corrected chi connectivity index (χ2v) is 4.40. The summed E-state index contributed by atoms with van der Waals surface area (Å²) in [5.41, 5.74) is 0. The third-order valence-electron chi connectivity index (χ3n) is 3.26. The normalized spacial score (nSPS) is 19.1. The minimum atomic E-state index is -0.0920. The van der Waals surface area contributed by atoms with Crippen molar-refractivity contribution in [1.82, 2.24) is 4.90 Å². The first-order valence-corrected chi connectivity index (χ1v) is 6.05. The third-order valence-corrected chi connectivity index (χ3v) is 3.26. The topological polar surface area (TPSA) is 29.5 Å². The van der Waals surface area contributed by atoms with Gasteiger partial charge in [0.25, 0.3) is 0 Å². The van der Waals surface area contributed by atoms with Gasteiger partial charge in [0.2, 0.25) is 0 Å². The van der Waals surface area contributed by atoms with Gasteiger partial charge in [-0.1, -0.05) is 19.8 Å². The molecule has 0 spiro atoms. The minimum absolute atomic E-state index is 0.0920. The van der Waals surface area contributed by atoms with E-state index < -0.39 is 0 Å². The zero-order valence-electron chi connectivity index (χ0n) is 10.00. The minimum Gasteiger partial charge on any atom is -0.469 e. The van der Waals surface area contributed by atoms with Crippen LogP contribution in [0.1, 0.15) is 39.0 Å². The van der Waals surface area contributed by atoms with Gasteiger partial charge in [0.1, 0.15) is 0 Å². The Morgan fingerprint density at radius 3 is 2.60 bits per heavy atom. The van der Waals surface area contributed by atoms with Gasteiger partial charge < -0.3 is 9.64 Å². The maximum Gasteiger partial charge on any atom is 0.306 e. The molecule has 88 valence electrons. The molecule has 0 saturated carbocycles. The average molecular weight is 213 g/mol. The molecular formula is C12H23NO2. The zero-order chi connectivity index (χ0) is 11.1. The molecule has 0 aromatic rings. The number of hydrogen-bond donors (Lipinski definition) is 0. The molecular weight excluding hydrogens is 190 g/mol. The lowest BCUT2D eigenvalue weighted by molar-refractivity contribution is -0.141. The largest absolute Gasteiger partial charge is 0.469 e. The van der Waals surface area contributed by atoms with Gasteiger partial charge in [0, 0.05) is 6.54 Å². The zero-order valence-corrected chi connectivity index (χ0v) is 10.00. The summed E-state index contributed by atoms with van der Waals surface area (Å²) in [5.74, 6) is 0.829. The summed E-state index contributed by atoms with van der Waals surface area (Å²) < 4.78 is 4.64. The molecule has 0 aromatic heterocycles. The van der Waals surface area contributed by atoms with Crippen LogP contribution in [0.5, 0.6) is 0 Å². The van der Waals surface area contributed by atoms with E-state index in [-0.39, 0.29) is 5.97 Å². The van der Waals surface area contributed by atoms with E-state index in [1.807, 2.05) is 0 Å². The number of carbonyl (C=O) groups is 1. The van der Waals surface area contributed by atoms with Gasteiger partial charge in [-0.05, 0) is 31.8 Å². The molecule has 0 bridgehead atoms. The molecule has 0 aromatic carbocycles. The number of methoxy groups -OCH3 is 1. The Kier molecular flexibility index (Phi) is 5.69. The van der Waals surface area contributed by atoms with Crippen LogP contribution in [0, 0.1) is 5.92 Å². The van der Waals surface area contributed by atoms with Crippen molar-refractivity contribution in [2.24, 2.45) is 5.92 Å². The van der Waals surface area contributed by atoms with Gasteiger partial charge in [0.05, 0.1) is 13.5 Å². The average Bonchev–Trinajstić information content (AvgIpc) is 2.28. The maximum absolute atomic E-state index is 11.0. The van der Waals surface area contributed by atoms with Crippen molar-refractivity contribution in [3.63, 3.8) is 0 Å². The van der Waals surface area contributed by atoms with Crippen LogP contribution in [0.15, 0.2) is 0 Å². The van der Waals surface area contributed by atoms with Gasteiger partial charge in [-0.15, -0.1) is 0 Å². The van der Waals surface area contributed by atoms with Gasteiger partial charge in [-0.25, -0.2) is 0 Å². The monoisotopic (exact) mass is 213 g/mol. The van der Waals surface area contributed by atoms with Crippen LogP contribution in [0.4, 0.5) is 0 Å². The van der Waals surface area contributed by atoms with Crippen LogP contribution in [-0.4, -0.2) is 37.6 Å². The number of carbonyl (C=O) groups excluding carboxylic acids is 1. The lowest BCUT2D eigenvalue weighted by atomic mass is 9.92. The molecule has 1 saturated heterocycles. The van der Waals surface area contributed by atoms with E-state index >= 15 is 0 Å². The Morgan fingerprint density at radius 1 is 1.40 bits per heavy atom. The van der Waals surface area contributed by atoms with Crippen molar-refractivity contribution in [1.29, 1.82) is 0 Å². The Labute approximate surface area is 92.8 Å². The first-order chi connectivity index (χ1) is 7.26. The number of piperidine rings is 1. The van der Waals surface area contributed by atoms with E-state index in [0.29, 0.717) is 6.42 Å². The summed E-state index contributed by atoms with van der Waals surface area (Å²) in [7, 11) is 1.45. The molecule has 0 N–H and O–H groups in total. The summed E-state index contributed by atoms with van der Waals surface area (Å²) in [5, 5.41) is 0. The van der Waals surface area contributed by atoms with Gasteiger partial charge in [0.15, 0.2) is 0 Å². The molecule has 1 aliphatic rings. The van der Waals surface area contributed by atoms with Crippen molar-refractivity contribution < 1.29 is 9.53 Å². The Balaban J connectivity index is 2.12. The quantitative estimate of drug-likeness (QED) is 0.655. The summed E-state index contributed by atoms with van der Waals surface area (Å²) in [6, 6.07) is 0. The van der Waals surface area contributed by atoms with Gasteiger partial charge >= 0.3 is 5.97 Å². The summed E-state index contributed by atoms with van der Waals surface area (Å²) >= 11 is 0. The fourth-order valence-corrected chi connectivity index (χ4v) is 2.26. The smallest absolute Gasteiger partial charge is 0.306 e. The fourth-order valence-electron chi connectivity index (χ4n) is 2.26. The molecule has 0 aliphatic carbocycles. The Morgan fingerprint density at radius 2 is 2.07 bits per heavy atom. The number of esters is 1. The summed E-state index contributed by atoms with van der Waals surface area (Å²) in [4.78, 5) is 13.4. The molecule has 0 atom stereocenters. The van der Waals surface area contributed by atoms with E-state index in [9.17, 15) is 4.79 Å². The molecule has 0 unspecified atom stereocenters. The van der Waals surface area contributed by atoms with Crippen molar-refractivity contribution >= 4 is 5.97 Å². The lowest BCUT2D eigenvalue weighted by Crippen LogP contribution is -2.35. The molecule has 15 heavy (non-hydrogen) atoms. The van der Waals surface area contributed by atoms with E-state index in [0.717, 1.165) is 25.6 Å². The van der Waals surface area contributed by atoms with E-state index in [1.54, 1.807) is 0 Å². The van der Waals surface area contributed by atoms with Gasteiger partial charge in [-0.2, -0.15) is 0 Å². The molecule has 0 amide bonds. The number of hydrogen-bond acceptors (Lipinski definition) is 3. The molecule has 1 rings (SSSR count). The highest BCUT2D eigenvalue weighted by Crippen LogP contribution is 2.21. The Hall–Kier alpha value is -0.570. The molecule has 1 fully saturated rings. The molecule has 0 radical (unpaired) electrons. The number of nitrogens with zero attached hydrogens (tertiary/aromatic N) is 1. The molecule has 3 heteroatoms. The van der Waals surface area contributed by atoms with Crippen molar-refractivity contribution in [2.75, 3.05) is 26.7 Å². The van der Waals surface area contributed by atoms with Crippen molar-refractivity contribution in [3.8, 4) is 0 Å². The van der Waals surface area contributed by atoms with Crippen molar-refractivity contribution in [2.45, 2.75) is 39.0 Å². The highest BCUT2D eigenvalue weighted by molar-refractivity contribution is 5.69. The lowest BCUT2D eigenvalue weighted by Gasteiger charge is -2.31. The van der Waals surface area contributed by atoms with Crippen LogP contribution < -0.4 is 0 Å². The Bertz CT molecular complexity index is 186. The first-order valence-electron chi connectivity index (χ1n) is 6.05. The standard InChI is InChI=1S/C12H23NO2/c1-3-4-11-5-8-13(9-6-11)10-7-12(14)15-2/h11H,3-10H2,1-2H3. The molecule has 1 heterocycles. The molecule has 1 aliphatic heterocycles. The van der Waals surface area contributed by atoms with Crippen LogP contribution in [0.25, 0.3) is 0 Å². The van der Waals surface area contributed by atoms with E-state index in [1.165, 1.54) is 32.8 Å². The highest BCUT2D eigenvalue weighted by atomic mass is 16.5. The van der Waals surface area contributed by atoms with Crippen LogP contribution in [-0.2, 0) is 9.53 Å². The second-order valence-electron chi connectivity index (χ2n) is 4.40. The third kappa shape index (κ3) is 4.65. The molecule has 3 nitrogen and oxygen atoms in total. The number of rotatable bonds is 5. The van der Waals surface area contributed by atoms with Crippen LogP contribution >= 0.6 is 0 Å². The maximum atomic E-state index is 11.0. The van der Waals surface area contributed by atoms with E-state index in [2.05, 4.69) is 16.6 Å². The predicted octanol–water partition coefficient (Wildman–Crippen LogP) is 2.06. The first kappa shape index (κ1) is 12.5.